The maximum atomic E-state index is 12.9. The number of piperidine rings is 1. The van der Waals surface area contributed by atoms with E-state index in [-0.39, 0.29) is 21.5 Å². The number of nitrogens with one attached hydrogen (secondary N) is 2. The van der Waals surface area contributed by atoms with Crippen LogP contribution in [0.4, 0.5) is 10.5 Å². The van der Waals surface area contributed by atoms with Crippen LogP contribution in [0.25, 0.3) is 0 Å². The predicted octanol–water partition coefficient (Wildman–Crippen LogP) is 2.17. The number of carbonyl (C=O) groups is 3. The Hall–Kier alpha value is -2.17. The maximum absolute atomic E-state index is 12.9. The molecule has 1 saturated carbocycles. The summed E-state index contributed by atoms with van der Waals surface area (Å²) in [6.07, 6.45) is 4.33. The number of hydrogen-bond donors (Lipinski definition) is 2. The van der Waals surface area contributed by atoms with Gasteiger partial charge in [-0.2, -0.15) is 4.31 Å². The second kappa shape index (κ2) is 8.07. The standard InChI is InChI=1S/C20H25ClN4O5S/c1-20(13-5-6-13)18(27)25(19(28)23-20)12-17(26)22-16-11-14(7-8-15(16)21)31(29,30)24-9-3-2-4-10-24/h7-8,11,13H,2-6,9-10,12H2,1H3,(H,22,26)(H,23,28). The number of carbonyl (C=O) groups excluding carboxylic acids is 3. The highest BCUT2D eigenvalue weighted by Gasteiger charge is 2.56. The summed E-state index contributed by atoms with van der Waals surface area (Å²) < 4.78 is 27.2. The first-order valence-corrected chi connectivity index (χ1v) is 12.2. The first-order valence-electron chi connectivity index (χ1n) is 10.4. The molecule has 9 nitrogen and oxygen atoms in total. The summed E-state index contributed by atoms with van der Waals surface area (Å²) >= 11 is 6.16. The van der Waals surface area contributed by atoms with Crippen LogP contribution in [0, 0.1) is 5.92 Å². The third-order valence-corrected chi connectivity index (χ3v) is 8.39. The van der Waals surface area contributed by atoms with Crippen LogP contribution in [0.1, 0.15) is 39.0 Å². The molecule has 31 heavy (non-hydrogen) atoms. The summed E-state index contributed by atoms with van der Waals surface area (Å²) in [5.41, 5.74) is -0.862. The average Bonchev–Trinajstić information content (AvgIpc) is 3.56. The minimum Gasteiger partial charge on any atom is -0.323 e. The van der Waals surface area contributed by atoms with Gasteiger partial charge >= 0.3 is 6.03 Å². The molecular formula is C20H25ClN4O5S. The Balaban J connectivity index is 1.48. The van der Waals surface area contributed by atoms with E-state index in [0.29, 0.717) is 13.1 Å². The Morgan fingerprint density at radius 2 is 1.90 bits per heavy atom. The number of benzene rings is 1. The Morgan fingerprint density at radius 1 is 1.23 bits per heavy atom. The van der Waals surface area contributed by atoms with Gasteiger partial charge in [-0.3, -0.25) is 14.5 Å². The SMILES string of the molecule is CC1(C2CC2)NC(=O)N(CC(=O)Nc2cc(S(=O)(=O)N3CCCCC3)ccc2Cl)C1=O. The topological polar surface area (TPSA) is 116 Å². The lowest BCUT2D eigenvalue weighted by Crippen LogP contribution is -2.46. The van der Waals surface area contributed by atoms with E-state index in [4.69, 9.17) is 11.6 Å². The molecule has 3 fully saturated rings. The van der Waals surface area contributed by atoms with Crippen molar-refractivity contribution in [3.8, 4) is 0 Å². The fourth-order valence-electron chi connectivity index (χ4n) is 4.14. The van der Waals surface area contributed by atoms with Crippen molar-refractivity contribution in [1.82, 2.24) is 14.5 Å². The molecule has 0 radical (unpaired) electrons. The van der Waals surface area contributed by atoms with Crippen molar-refractivity contribution < 1.29 is 22.8 Å². The molecule has 0 bridgehead atoms. The molecule has 0 spiro atoms. The molecule has 3 aliphatic rings. The molecule has 1 aromatic rings. The zero-order chi connectivity index (χ0) is 22.4. The lowest BCUT2D eigenvalue weighted by atomic mass is 9.96. The molecule has 1 unspecified atom stereocenters. The van der Waals surface area contributed by atoms with Crippen LogP contribution in [-0.2, 0) is 19.6 Å². The number of sulfonamides is 1. The molecule has 2 aliphatic heterocycles. The summed E-state index contributed by atoms with van der Waals surface area (Å²) in [5.74, 6) is -0.983. The first kappa shape index (κ1) is 22.0. The Morgan fingerprint density at radius 3 is 2.55 bits per heavy atom. The maximum Gasteiger partial charge on any atom is 0.325 e. The van der Waals surface area contributed by atoms with Crippen molar-refractivity contribution in [2.75, 3.05) is 25.0 Å². The second-order valence-electron chi connectivity index (χ2n) is 8.45. The summed E-state index contributed by atoms with van der Waals surface area (Å²) in [7, 11) is -3.70. The minimum absolute atomic E-state index is 0.0328. The van der Waals surface area contributed by atoms with Crippen LogP contribution in [0.2, 0.25) is 5.02 Å². The number of anilines is 1. The number of imide groups is 1. The largest absolute Gasteiger partial charge is 0.325 e. The zero-order valence-corrected chi connectivity index (χ0v) is 18.8. The Kier molecular flexibility index (Phi) is 5.74. The van der Waals surface area contributed by atoms with Crippen molar-refractivity contribution in [3.05, 3.63) is 23.2 Å². The number of amides is 4. The van der Waals surface area contributed by atoms with Gasteiger partial charge in [-0.1, -0.05) is 18.0 Å². The number of hydrogen-bond acceptors (Lipinski definition) is 5. The molecule has 2 saturated heterocycles. The number of nitrogens with zero attached hydrogens (tertiary/aromatic N) is 2. The smallest absolute Gasteiger partial charge is 0.323 e. The van der Waals surface area contributed by atoms with Gasteiger partial charge < -0.3 is 10.6 Å². The molecule has 1 aliphatic carbocycles. The average molecular weight is 469 g/mol. The van der Waals surface area contributed by atoms with Gasteiger partial charge in [0.05, 0.1) is 15.6 Å². The van der Waals surface area contributed by atoms with E-state index in [2.05, 4.69) is 10.6 Å². The fourth-order valence-corrected chi connectivity index (χ4v) is 5.85. The Bertz CT molecular complexity index is 1040. The highest BCUT2D eigenvalue weighted by molar-refractivity contribution is 7.89. The van der Waals surface area contributed by atoms with Crippen molar-refractivity contribution in [2.24, 2.45) is 5.92 Å². The molecule has 2 heterocycles. The van der Waals surface area contributed by atoms with E-state index in [1.807, 2.05) is 0 Å². The summed E-state index contributed by atoms with van der Waals surface area (Å²) in [5, 5.41) is 5.38. The van der Waals surface area contributed by atoms with Crippen LogP contribution < -0.4 is 10.6 Å². The molecule has 4 amide bonds. The van der Waals surface area contributed by atoms with E-state index >= 15 is 0 Å². The van der Waals surface area contributed by atoms with Gasteiger partial charge in [0.15, 0.2) is 0 Å². The van der Waals surface area contributed by atoms with Crippen LogP contribution in [-0.4, -0.2) is 60.6 Å². The molecule has 2 N–H and O–H groups in total. The molecule has 1 aromatic carbocycles. The van der Waals surface area contributed by atoms with Crippen molar-refractivity contribution in [3.63, 3.8) is 0 Å². The summed E-state index contributed by atoms with van der Waals surface area (Å²) in [6.45, 7) is 2.11. The second-order valence-corrected chi connectivity index (χ2v) is 10.8. The van der Waals surface area contributed by atoms with Crippen LogP contribution in [0.5, 0.6) is 0 Å². The molecule has 168 valence electrons. The number of urea groups is 1. The lowest BCUT2D eigenvalue weighted by Gasteiger charge is -2.26. The van der Waals surface area contributed by atoms with Gasteiger partial charge in [-0.15, -0.1) is 0 Å². The number of rotatable bonds is 6. The van der Waals surface area contributed by atoms with E-state index in [9.17, 15) is 22.8 Å². The summed E-state index contributed by atoms with van der Waals surface area (Å²) in [6, 6.07) is 3.51. The molecular weight excluding hydrogens is 444 g/mol. The summed E-state index contributed by atoms with van der Waals surface area (Å²) in [4.78, 5) is 38.4. The van der Waals surface area contributed by atoms with Gasteiger partial charge in [0.25, 0.3) is 5.91 Å². The molecule has 4 rings (SSSR count). The van der Waals surface area contributed by atoms with Crippen LogP contribution in [0.3, 0.4) is 0 Å². The minimum atomic E-state index is -3.70. The predicted molar refractivity (Wildman–Crippen MR) is 114 cm³/mol. The Labute approximate surface area is 186 Å². The van der Waals surface area contributed by atoms with Crippen LogP contribution in [0.15, 0.2) is 23.1 Å². The quantitative estimate of drug-likeness (QED) is 0.621. The lowest BCUT2D eigenvalue weighted by molar-refractivity contribution is -0.134. The van der Waals surface area contributed by atoms with Crippen molar-refractivity contribution in [1.29, 1.82) is 0 Å². The third kappa shape index (κ3) is 4.16. The highest BCUT2D eigenvalue weighted by atomic mass is 35.5. The van der Waals surface area contributed by atoms with Crippen LogP contribution >= 0.6 is 11.6 Å². The van der Waals surface area contributed by atoms with Gasteiger partial charge in [0, 0.05) is 13.1 Å². The van der Waals surface area contributed by atoms with Crippen molar-refractivity contribution in [2.45, 2.75) is 49.5 Å². The molecule has 11 heteroatoms. The van der Waals surface area contributed by atoms with Gasteiger partial charge in [0.1, 0.15) is 12.1 Å². The van der Waals surface area contributed by atoms with Gasteiger partial charge in [-0.25, -0.2) is 13.2 Å². The van der Waals surface area contributed by atoms with Crippen molar-refractivity contribution >= 4 is 45.2 Å². The van der Waals surface area contributed by atoms with E-state index < -0.39 is 40.0 Å². The molecule has 0 aromatic heterocycles. The van der Waals surface area contributed by atoms with E-state index in [1.165, 1.54) is 22.5 Å². The van der Waals surface area contributed by atoms with E-state index in [0.717, 1.165) is 37.0 Å². The normalized spacial score (nSPS) is 24.9. The van der Waals surface area contributed by atoms with Gasteiger partial charge in [-0.05, 0) is 56.7 Å². The zero-order valence-electron chi connectivity index (χ0n) is 17.2. The molecule has 1 atom stereocenters. The fraction of sp³-hybridized carbons (Fsp3) is 0.550. The van der Waals surface area contributed by atoms with Gasteiger partial charge in [0.2, 0.25) is 15.9 Å². The first-order chi connectivity index (χ1) is 14.6. The monoisotopic (exact) mass is 468 g/mol. The highest BCUT2D eigenvalue weighted by Crippen LogP contribution is 2.42. The number of halogens is 1. The third-order valence-electron chi connectivity index (χ3n) is 6.16. The van der Waals surface area contributed by atoms with E-state index in [1.54, 1.807) is 6.92 Å².